The fourth-order valence-corrected chi connectivity index (χ4v) is 2.94. The van der Waals surface area contributed by atoms with Gasteiger partial charge in [0.15, 0.2) is 0 Å². The summed E-state index contributed by atoms with van der Waals surface area (Å²) in [5.41, 5.74) is 2.35. The van der Waals surface area contributed by atoms with E-state index < -0.39 is 0 Å². The van der Waals surface area contributed by atoms with Crippen molar-refractivity contribution in [1.29, 1.82) is 0 Å². The Labute approximate surface area is 110 Å². The van der Waals surface area contributed by atoms with Crippen molar-refractivity contribution in [3.8, 4) is 0 Å². The van der Waals surface area contributed by atoms with Gasteiger partial charge in [0.05, 0.1) is 5.92 Å². The maximum atomic E-state index is 11.5. The number of carbonyl (C=O) groups is 1. The molecule has 0 fully saturated rings. The fourth-order valence-electron chi connectivity index (χ4n) is 1.86. The Hall–Kier alpha value is -1.12. The van der Waals surface area contributed by atoms with Crippen LogP contribution in [0.1, 0.15) is 21.9 Å². The number of halogens is 1. The number of rotatable bonds is 4. The van der Waals surface area contributed by atoms with Crippen molar-refractivity contribution in [2.45, 2.75) is 19.3 Å². The summed E-state index contributed by atoms with van der Waals surface area (Å²) in [6.45, 7) is 2.05. The van der Waals surface area contributed by atoms with Gasteiger partial charge in [0, 0.05) is 4.88 Å². The van der Waals surface area contributed by atoms with E-state index in [-0.39, 0.29) is 11.2 Å². The van der Waals surface area contributed by atoms with Crippen LogP contribution in [0.4, 0.5) is 0 Å². The Morgan fingerprint density at radius 2 is 2.18 bits per heavy atom. The lowest BCUT2D eigenvalue weighted by molar-refractivity contribution is -0.112. The third-order valence-corrected chi connectivity index (χ3v) is 3.93. The molecule has 2 aromatic rings. The van der Waals surface area contributed by atoms with Crippen LogP contribution < -0.4 is 0 Å². The zero-order valence-electron chi connectivity index (χ0n) is 9.52. The topological polar surface area (TPSA) is 17.1 Å². The molecule has 0 N–H and O–H groups in total. The van der Waals surface area contributed by atoms with Crippen LogP contribution in [0.3, 0.4) is 0 Å². The molecule has 0 bridgehead atoms. The van der Waals surface area contributed by atoms with Gasteiger partial charge in [-0.2, -0.15) is 0 Å². The highest BCUT2D eigenvalue weighted by molar-refractivity contribution is 7.10. The Morgan fingerprint density at radius 1 is 1.35 bits per heavy atom. The molecule has 1 heterocycles. The van der Waals surface area contributed by atoms with Gasteiger partial charge in [-0.3, -0.25) is 4.79 Å². The maximum absolute atomic E-state index is 11.5. The van der Waals surface area contributed by atoms with E-state index >= 15 is 0 Å². The molecule has 1 aromatic heterocycles. The highest BCUT2D eigenvalue weighted by Crippen LogP contribution is 2.27. The van der Waals surface area contributed by atoms with E-state index in [1.807, 2.05) is 42.6 Å². The predicted molar refractivity (Wildman–Crippen MR) is 72.8 cm³/mol. The minimum absolute atomic E-state index is 0.224. The third kappa shape index (κ3) is 3.18. The number of benzene rings is 1. The zero-order chi connectivity index (χ0) is 12.3. The van der Waals surface area contributed by atoms with Crippen molar-refractivity contribution < 1.29 is 4.79 Å². The van der Waals surface area contributed by atoms with E-state index in [2.05, 4.69) is 6.07 Å². The summed E-state index contributed by atoms with van der Waals surface area (Å²) in [4.78, 5) is 12.5. The number of carbonyl (C=O) groups excluding carboxylic acids is 1. The zero-order valence-corrected chi connectivity index (χ0v) is 11.1. The van der Waals surface area contributed by atoms with Crippen LogP contribution in [0.15, 0.2) is 41.8 Å². The highest BCUT2D eigenvalue weighted by Gasteiger charge is 2.20. The van der Waals surface area contributed by atoms with Crippen LogP contribution in [-0.2, 0) is 11.2 Å². The van der Waals surface area contributed by atoms with Gasteiger partial charge in [0.2, 0.25) is 5.24 Å². The summed E-state index contributed by atoms with van der Waals surface area (Å²) in [5, 5.41) is 1.69. The molecule has 0 aliphatic carbocycles. The monoisotopic (exact) mass is 264 g/mol. The largest absolute Gasteiger partial charge is 0.281 e. The summed E-state index contributed by atoms with van der Waals surface area (Å²) in [5.74, 6) is -0.224. The Kier molecular flexibility index (Phi) is 3.97. The molecule has 0 aliphatic rings. The van der Waals surface area contributed by atoms with E-state index in [9.17, 15) is 4.79 Å². The molecular formula is C14H13ClOS. The second kappa shape index (κ2) is 5.48. The molecule has 1 atom stereocenters. The first-order chi connectivity index (χ1) is 8.16. The predicted octanol–water partition coefficient (Wildman–Crippen LogP) is 4.15. The molecular weight excluding hydrogens is 252 g/mol. The number of hydrogen-bond acceptors (Lipinski definition) is 2. The van der Waals surface area contributed by atoms with Crippen molar-refractivity contribution in [2.24, 2.45) is 0 Å². The van der Waals surface area contributed by atoms with Crippen molar-refractivity contribution >= 4 is 28.2 Å². The molecule has 17 heavy (non-hydrogen) atoms. The minimum Gasteiger partial charge on any atom is -0.281 e. The molecule has 1 unspecified atom stereocenters. The lowest BCUT2D eigenvalue weighted by atomic mass is 9.98. The average molecular weight is 265 g/mol. The van der Waals surface area contributed by atoms with Crippen LogP contribution in [-0.4, -0.2) is 5.24 Å². The van der Waals surface area contributed by atoms with Gasteiger partial charge in [-0.05, 0) is 42.0 Å². The number of hydrogen-bond donors (Lipinski definition) is 0. The maximum Gasteiger partial charge on any atom is 0.230 e. The minimum atomic E-state index is -0.283. The Balaban J connectivity index is 2.22. The molecule has 0 amide bonds. The molecule has 0 saturated heterocycles. The molecule has 0 spiro atoms. The van der Waals surface area contributed by atoms with Crippen LogP contribution in [0, 0.1) is 6.92 Å². The van der Waals surface area contributed by atoms with Crippen molar-refractivity contribution in [1.82, 2.24) is 0 Å². The molecule has 0 saturated carbocycles. The summed E-state index contributed by atoms with van der Waals surface area (Å²) in [7, 11) is 0. The Morgan fingerprint density at radius 3 is 2.76 bits per heavy atom. The van der Waals surface area contributed by atoms with Gasteiger partial charge < -0.3 is 0 Å². The smallest absolute Gasteiger partial charge is 0.230 e. The van der Waals surface area contributed by atoms with Crippen LogP contribution in [0.2, 0.25) is 0 Å². The van der Waals surface area contributed by atoms with Crippen molar-refractivity contribution in [3.63, 3.8) is 0 Å². The molecule has 2 rings (SSSR count). The van der Waals surface area contributed by atoms with Crippen LogP contribution in [0.5, 0.6) is 0 Å². The first-order valence-corrected chi connectivity index (χ1v) is 6.71. The Bertz CT molecular complexity index is 505. The molecule has 0 aliphatic heterocycles. The third-order valence-electron chi connectivity index (χ3n) is 2.68. The summed E-state index contributed by atoms with van der Waals surface area (Å²) >= 11 is 7.27. The molecule has 88 valence electrons. The first-order valence-electron chi connectivity index (χ1n) is 5.45. The lowest BCUT2D eigenvalue weighted by Crippen LogP contribution is -2.08. The fraction of sp³-hybridized carbons (Fsp3) is 0.214. The summed E-state index contributed by atoms with van der Waals surface area (Å²) in [6, 6.07) is 12.1. The number of thiophene rings is 1. The van der Waals surface area contributed by atoms with Crippen molar-refractivity contribution in [3.05, 3.63) is 57.8 Å². The van der Waals surface area contributed by atoms with Gasteiger partial charge in [0.1, 0.15) is 0 Å². The van der Waals surface area contributed by atoms with E-state index in [1.165, 1.54) is 5.56 Å². The van der Waals surface area contributed by atoms with E-state index in [0.717, 1.165) is 10.4 Å². The second-order valence-corrected chi connectivity index (χ2v) is 5.42. The lowest BCUT2D eigenvalue weighted by Gasteiger charge is -2.11. The molecule has 1 aromatic carbocycles. The van der Waals surface area contributed by atoms with E-state index in [4.69, 9.17) is 11.6 Å². The van der Waals surface area contributed by atoms with E-state index in [0.29, 0.717) is 6.42 Å². The standard InChI is InChI=1S/C14H13ClOS/c1-10-4-2-5-11(8-10)9-12(14(15)16)13-6-3-7-17-13/h2-8,12H,9H2,1H3. The first kappa shape index (κ1) is 12.3. The second-order valence-electron chi connectivity index (χ2n) is 4.07. The normalized spacial score (nSPS) is 12.4. The molecule has 0 radical (unpaired) electrons. The average Bonchev–Trinajstić information content (AvgIpc) is 2.78. The highest BCUT2D eigenvalue weighted by atomic mass is 35.5. The van der Waals surface area contributed by atoms with Gasteiger partial charge in [-0.15, -0.1) is 11.3 Å². The van der Waals surface area contributed by atoms with Gasteiger partial charge in [0.25, 0.3) is 0 Å². The summed E-state index contributed by atoms with van der Waals surface area (Å²) < 4.78 is 0. The number of aryl methyl sites for hydroxylation is 1. The molecule has 1 nitrogen and oxygen atoms in total. The van der Waals surface area contributed by atoms with Gasteiger partial charge in [-0.1, -0.05) is 35.9 Å². The summed E-state index contributed by atoms with van der Waals surface area (Å²) in [6.07, 6.45) is 0.671. The van der Waals surface area contributed by atoms with Crippen LogP contribution in [0.25, 0.3) is 0 Å². The van der Waals surface area contributed by atoms with E-state index in [1.54, 1.807) is 11.3 Å². The van der Waals surface area contributed by atoms with Gasteiger partial charge >= 0.3 is 0 Å². The quantitative estimate of drug-likeness (QED) is 0.759. The SMILES string of the molecule is Cc1cccc(CC(C(=O)Cl)c2cccs2)c1. The molecule has 3 heteroatoms. The van der Waals surface area contributed by atoms with Crippen LogP contribution >= 0.6 is 22.9 Å². The van der Waals surface area contributed by atoms with Crippen molar-refractivity contribution in [2.75, 3.05) is 0 Å². The van der Waals surface area contributed by atoms with Gasteiger partial charge in [-0.25, -0.2) is 0 Å².